The minimum atomic E-state index is -0.499. The highest BCUT2D eigenvalue weighted by Gasteiger charge is 2.35. The first-order valence-electron chi connectivity index (χ1n) is 9.24. The predicted octanol–water partition coefficient (Wildman–Crippen LogP) is 2.07. The van der Waals surface area contributed by atoms with Crippen LogP contribution in [0, 0.1) is 0 Å². The van der Waals surface area contributed by atoms with E-state index in [1.54, 1.807) is 17.0 Å². The third-order valence-electron chi connectivity index (χ3n) is 4.69. The van der Waals surface area contributed by atoms with Crippen molar-refractivity contribution in [2.75, 3.05) is 25.1 Å². The Bertz CT molecular complexity index is 811. The molecular weight excluding hydrogens is 360 g/mol. The van der Waals surface area contributed by atoms with Crippen molar-refractivity contribution in [3.63, 3.8) is 0 Å². The summed E-state index contributed by atoms with van der Waals surface area (Å²) in [6.45, 7) is 0.556. The Kier molecular flexibility index (Phi) is 6.62. The van der Waals surface area contributed by atoms with Crippen molar-refractivity contribution in [2.45, 2.75) is 25.0 Å². The number of carbonyl (C=O) groups excluding carboxylic acids is 2. The number of phenols is 1. The molecule has 0 unspecified atom stereocenters. The lowest BCUT2D eigenvalue weighted by Gasteiger charge is -2.41. The smallest absolute Gasteiger partial charge is 0.224 e. The third-order valence-corrected chi connectivity index (χ3v) is 4.69. The summed E-state index contributed by atoms with van der Waals surface area (Å²) < 4.78 is 5.64. The van der Waals surface area contributed by atoms with Crippen LogP contribution in [0.1, 0.15) is 24.4 Å². The normalized spacial score (nSPS) is 19.2. The summed E-state index contributed by atoms with van der Waals surface area (Å²) in [6.07, 6.45) is -0.426. The molecule has 0 bridgehead atoms. The van der Waals surface area contributed by atoms with Crippen molar-refractivity contribution in [3.8, 4) is 5.75 Å². The van der Waals surface area contributed by atoms with E-state index >= 15 is 0 Å². The van der Waals surface area contributed by atoms with Crippen molar-refractivity contribution >= 4 is 17.5 Å². The molecule has 3 N–H and O–H groups in total. The molecule has 0 spiro atoms. The summed E-state index contributed by atoms with van der Waals surface area (Å²) >= 11 is 0. The molecule has 1 heterocycles. The first-order chi connectivity index (χ1) is 13.6. The van der Waals surface area contributed by atoms with Gasteiger partial charge in [-0.3, -0.25) is 9.59 Å². The molecule has 0 aliphatic carbocycles. The maximum absolute atomic E-state index is 12.8. The Balaban J connectivity index is 1.63. The van der Waals surface area contributed by atoms with Gasteiger partial charge >= 0.3 is 0 Å². The van der Waals surface area contributed by atoms with Crippen LogP contribution in [0.2, 0.25) is 0 Å². The number of carbonyl (C=O) groups is 2. The maximum Gasteiger partial charge on any atom is 0.224 e. The predicted molar refractivity (Wildman–Crippen MR) is 104 cm³/mol. The fraction of sp³-hybridized carbons (Fsp3) is 0.333. The summed E-state index contributed by atoms with van der Waals surface area (Å²) in [5, 5.41) is 21.8. The molecule has 1 aliphatic heterocycles. The van der Waals surface area contributed by atoms with Gasteiger partial charge in [0, 0.05) is 31.1 Å². The number of nitrogens with zero attached hydrogens (tertiary/aromatic N) is 1. The van der Waals surface area contributed by atoms with Gasteiger partial charge in [0.15, 0.2) is 0 Å². The Morgan fingerprint density at radius 2 is 1.89 bits per heavy atom. The van der Waals surface area contributed by atoms with Gasteiger partial charge in [-0.05, 0) is 17.7 Å². The number of morpholine rings is 1. The van der Waals surface area contributed by atoms with Crippen molar-refractivity contribution in [3.05, 3.63) is 60.2 Å². The van der Waals surface area contributed by atoms with Gasteiger partial charge < -0.3 is 25.2 Å². The van der Waals surface area contributed by atoms with E-state index in [4.69, 9.17) is 4.74 Å². The van der Waals surface area contributed by atoms with E-state index < -0.39 is 6.10 Å². The second-order valence-electron chi connectivity index (χ2n) is 6.63. The summed E-state index contributed by atoms with van der Waals surface area (Å²) in [5.41, 5.74) is 1.37. The van der Waals surface area contributed by atoms with E-state index in [-0.39, 0.29) is 43.1 Å². The number of aromatic hydroxyl groups is 1. The molecule has 0 radical (unpaired) electrons. The Morgan fingerprint density at radius 1 is 1.11 bits per heavy atom. The molecule has 7 heteroatoms. The van der Waals surface area contributed by atoms with E-state index in [2.05, 4.69) is 5.32 Å². The van der Waals surface area contributed by atoms with E-state index in [1.165, 1.54) is 12.1 Å². The van der Waals surface area contributed by atoms with E-state index in [0.717, 1.165) is 5.56 Å². The largest absolute Gasteiger partial charge is 0.508 e. The number of amides is 2. The highest BCUT2D eigenvalue weighted by Crippen LogP contribution is 2.30. The van der Waals surface area contributed by atoms with Gasteiger partial charge in [-0.1, -0.05) is 36.4 Å². The lowest BCUT2D eigenvalue weighted by atomic mass is 9.98. The number of phenolic OH excluding ortho intramolecular Hbond substituents is 1. The molecule has 0 saturated carbocycles. The van der Waals surface area contributed by atoms with Crippen LogP contribution in [-0.2, 0) is 14.3 Å². The zero-order valence-corrected chi connectivity index (χ0v) is 15.5. The van der Waals surface area contributed by atoms with Gasteiger partial charge in [0.25, 0.3) is 0 Å². The van der Waals surface area contributed by atoms with Gasteiger partial charge in [-0.25, -0.2) is 0 Å². The Hall–Kier alpha value is -2.90. The molecule has 2 atom stereocenters. The SMILES string of the molecule is O=C(CCC(=O)N1CCO[C@H](CO)[C@H]1c1ccccc1)Nc1cccc(O)c1. The number of hydrogen-bond acceptors (Lipinski definition) is 5. The second kappa shape index (κ2) is 9.34. The highest BCUT2D eigenvalue weighted by atomic mass is 16.5. The summed E-state index contributed by atoms with van der Waals surface area (Å²) in [6, 6.07) is 15.3. The first-order valence-corrected chi connectivity index (χ1v) is 9.24. The number of rotatable bonds is 6. The van der Waals surface area contributed by atoms with Crippen LogP contribution in [0.4, 0.5) is 5.69 Å². The van der Waals surface area contributed by atoms with E-state index in [1.807, 2.05) is 30.3 Å². The molecule has 1 aliphatic rings. The van der Waals surface area contributed by atoms with Crippen LogP contribution >= 0.6 is 0 Å². The van der Waals surface area contributed by atoms with Gasteiger partial charge in [0.2, 0.25) is 11.8 Å². The van der Waals surface area contributed by atoms with Crippen LogP contribution in [0.15, 0.2) is 54.6 Å². The topological polar surface area (TPSA) is 99.1 Å². The van der Waals surface area contributed by atoms with E-state index in [9.17, 15) is 19.8 Å². The zero-order valence-electron chi connectivity index (χ0n) is 15.5. The average molecular weight is 384 g/mol. The molecule has 148 valence electrons. The zero-order chi connectivity index (χ0) is 19.9. The fourth-order valence-corrected chi connectivity index (χ4v) is 3.38. The Labute approximate surface area is 163 Å². The lowest BCUT2D eigenvalue weighted by molar-refractivity contribution is -0.150. The van der Waals surface area contributed by atoms with Crippen molar-refractivity contribution in [2.24, 2.45) is 0 Å². The Morgan fingerprint density at radius 3 is 2.61 bits per heavy atom. The number of ether oxygens (including phenoxy) is 1. The van der Waals surface area contributed by atoms with E-state index in [0.29, 0.717) is 18.8 Å². The van der Waals surface area contributed by atoms with Gasteiger partial charge in [0.05, 0.1) is 19.3 Å². The first kappa shape index (κ1) is 19.9. The summed E-state index contributed by atoms with van der Waals surface area (Å²) in [4.78, 5) is 26.7. The molecule has 7 nitrogen and oxygen atoms in total. The monoisotopic (exact) mass is 384 g/mol. The number of nitrogens with one attached hydrogen (secondary N) is 1. The molecule has 1 saturated heterocycles. The molecule has 3 rings (SSSR count). The van der Waals surface area contributed by atoms with Gasteiger partial charge in [0.1, 0.15) is 11.9 Å². The number of aliphatic hydroxyl groups excluding tert-OH is 1. The molecule has 1 fully saturated rings. The molecular formula is C21H24N2O5. The lowest BCUT2D eigenvalue weighted by Crippen LogP contribution is -2.49. The molecule has 28 heavy (non-hydrogen) atoms. The number of hydrogen-bond donors (Lipinski definition) is 3. The van der Waals surface area contributed by atoms with Crippen LogP contribution in [0.5, 0.6) is 5.75 Å². The number of benzene rings is 2. The van der Waals surface area contributed by atoms with Crippen LogP contribution in [-0.4, -0.2) is 52.8 Å². The minimum Gasteiger partial charge on any atom is -0.508 e. The van der Waals surface area contributed by atoms with Crippen LogP contribution in [0.3, 0.4) is 0 Å². The summed E-state index contributed by atoms with van der Waals surface area (Å²) in [5.74, 6) is -0.410. The second-order valence-corrected chi connectivity index (χ2v) is 6.63. The molecule has 2 amide bonds. The average Bonchev–Trinajstić information content (AvgIpc) is 2.72. The van der Waals surface area contributed by atoms with Crippen LogP contribution < -0.4 is 5.32 Å². The van der Waals surface area contributed by atoms with Crippen molar-refractivity contribution in [1.29, 1.82) is 0 Å². The fourth-order valence-electron chi connectivity index (χ4n) is 3.38. The third kappa shape index (κ3) is 4.88. The molecule has 0 aromatic heterocycles. The summed E-state index contributed by atoms with van der Waals surface area (Å²) in [7, 11) is 0. The number of anilines is 1. The quantitative estimate of drug-likeness (QED) is 0.708. The van der Waals surface area contributed by atoms with Gasteiger partial charge in [-0.15, -0.1) is 0 Å². The maximum atomic E-state index is 12.8. The minimum absolute atomic E-state index is 0.0249. The molecule has 2 aromatic carbocycles. The van der Waals surface area contributed by atoms with Crippen LogP contribution in [0.25, 0.3) is 0 Å². The number of aliphatic hydroxyl groups is 1. The standard InChI is InChI=1S/C21H24N2O5/c24-14-18-21(15-5-2-1-3-6-15)23(11-12-28-18)20(27)10-9-19(26)22-16-7-4-8-17(25)13-16/h1-8,13,18,21,24-25H,9-12,14H2,(H,22,26)/t18-,21-/m1/s1. The highest BCUT2D eigenvalue weighted by molar-refractivity contribution is 5.93. The van der Waals surface area contributed by atoms with Crippen molar-refractivity contribution in [1.82, 2.24) is 4.90 Å². The molecule has 2 aromatic rings. The van der Waals surface area contributed by atoms with Crippen molar-refractivity contribution < 1.29 is 24.5 Å². The van der Waals surface area contributed by atoms with Gasteiger partial charge in [-0.2, -0.15) is 0 Å².